The highest BCUT2D eigenvalue weighted by atomic mass is 16.2. The van der Waals surface area contributed by atoms with Crippen molar-refractivity contribution < 1.29 is 9.59 Å². The highest BCUT2D eigenvalue weighted by Crippen LogP contribution is 2.28. The van der Waals surface area contributed by atoms with Gasteiger partial charge in [-0.05, 0) is 48.7 Å². The number of rotatable bonds is 6. The minimum atomic E-state index is -0.278. The summed E-state index contributed by atoms with van der Waals surface area (Å²) < 4.78 is 0. The minimum absolute atomic E-state index is 0.0479. The third-order valence-electron chi connectivity index (χ3n) is 5.56. The van der Waals surface area contributed by atoms with E-state index in [4.69, 9.17) is 11.1 Å². The number of amidine groups is 1. The zero-order valence-corrected chi connectivity index (χ0v) is 18.3. The molecule has 0 unspecified atom stereocenters. The zero-order chi connectivity index (χ0) is 23.4. The second-order valence-electron chi connectivity index (χ2n) is 7.95. The predicted molar refractivity (Wildman–Crippen MR) is 130 cm³/mol. The van der Waals surface area contributed by atoms with Crippen molar-refractivity contribution in [2.24, 2.45) is 10.7 Å². The fraction of sp³-hybridized carbons (Fsp3) is 0.154. The van der Waals surface area contributed by atoms with Crippen molar-refractivity contribution in [1.82, 2.24) is 4.90 Å². The van der Waals surface area contributed by atoms with Crippen LogP contribution in [0.15, 0.2) is 77.8 Å². The Morgan fingerprint density at radius 2 is 1.76 bits per heavy atom. The van der Waals surface area contributed by atoms with Crippen LogP contribution in [0.4, 0.5) is 11.4 Å². The van der Waals surface area contributed by atoms with Crippen molar-refractivity contribution >= 4 is 34.7 Å². The summed E-state index contributed by atoms with van der Waals surface area (Å²) in [5.74, 6) is -0.411. The topological polar surface area (TPSA) is 112 Å². The smallest absolute Gasteiger partial charge is 0.268 e. The van der Waals surface area contributed by atoms with Crippen LogP contribution in [0.5, 0.6) is 0 Å². The Labute approximate surface area is 192 Å². The van der Waals surface area contributed by atoms with Gasteiger partial charge in [-0.1, -0.05) is 48.5 Å². The molecule has 0 fully saturated rings. The van der Waals surface area contributed by atoms with Crippen LogP contribution >= 0.6 is 0 Å². The third kappa shape index (κ3) is 5.15. The van der Waals surface area contributed by atoms with E-state index in [0.29, 0.717) is 41.3 Å². The summed E-state index contributed by atoms with van der Waals surface area (Å²) in [6.07, 6.45) is 0.770. The van der Waals surface area contributed by atoms with Crippen molar-refractivity contribution in [3.63, 3.8) is 0 Å². The molecule has 166 valence electrons. The summed E-state index contributed by atoms with van der Waals surface area (Å²) in [6.45, 7) is 2.78. The van der Waals surface area contributed by atoms with E-state index in [0.717, 1.165) is 12.0 Å². The number of nitrogens with two attached hydrogens (primary N) is 1. The Hall–Kier alpha value is -4.26. The Kier molecular flexibility index (Phi) is 6.31. The molecule has 0 aliphatic carbocycles. The Bertz CT molecular complexity index is 1230. The van der Waals surface area contributed by atoms with Gasteiger partial charge in [-0.3, -0.25) is 15.0 Å². The maximum Gasteiger partial charge on any atom is 0.268 e. The summed E-state index contributed by atoms with van der Waals surface area (Å²) >= 11 is 0. The molecule has 0 bridgehead atoms. The fourth-order valence-electron chi connectivity index (χ4n) is 3.71. The largest absolute Gasteiger partial charge is 0.384 e. The number of fused-ring (bicyclic) bond motifs is 1. The SMILES string of the molecule is CC1=Nc2cc(NC(=O)c3ccc(C(=N)N)cc3)ccc2CN(CCc2ccccc2)C1=O. The minimum Gasteiger partial charge on any atom is -0.384 e. The zero-order valence-electron chi connectivity index (χ0n) is 18.3. The van der Waals surface area contributed by atoms with Crippen molar-refractivity contribution in [2.75, 3.05) is 11.9 Å². The molecule has 4 rings (SSSR count). The van der Waals surface area contributed by atoms with Crippen LogP contribution < -0.4 is 11.1 Å². The van der Waals surface area contributed by atoms with E-state index < -0.39 is 0 Å². The third-order valence-corrected chi connectivity index (χ3v) is 5.56. The number of aliphatic imine (C=N–C) groups is 1. The highest BCUT2D eigenvalue weighted by molar-refractivity contribution is 6.38. The first-order valence-corrected chi connectivity index (χ1v) is 10.7. The molecule has 7 nitrogen and oxygen atoms in total. The van der Waals surface area contributed by atoms with Crippen molar-refractivity contribution in [3.8, 4) is 0 Å². The van der Waals surface area contributed by atoms with Gasteiger partial charge in [-0.15, -0.1) is 0 Å². The number of hydrogen-bond acceptors (Lipinski definition) is 4. The van der Waals surface area contributed by atoms with Gasteiger partial charge in [-0.25, -0.2) is 4.99 Å². The number of hydrogen-bond donors (Lipinski definition) is 3. The molecule has 1 heterocycles. The molecule has 7 heteroatoms. The van der Waals surface area contributed by atoms with Crippen LogP contribution in [-0.2, 0) is 17.8 Å². The van der Waals surface area contributed by atoms with E-state index >= 15 is 0 Å². The molecule has 1 aliphatic heterocycles. The van der Waals surface area contributed by atoms with Crippen LogP contribution in [0, 0.1) is 5.41 Å². The molecule has 4 N–H and O–H groups in total. The average Bonchev–Trinajstić information content (AvgIpc) is 2.94. The first kappa shape index (κ1) is 22.0. The van der Waals surface area contributed by atoms with Crippen LogP contribution in [0.25, 0.3) is 0 Å². The number of nitrogen functional groups attached to an aromatic ring is 1. The maximum atomic E-state index is 12.9. The first-order valence-electron chi connectivity index (χ1n) is 10.7. The van der Waals surface area contributed by atoms with E-state index in [9.17, 15) is 9.59 Å². The summed E-state index contributed by atoms with van der Waals surface area (Å²) in [6, 6.07) is 22.1. The number of anilines is 1. The van der Waals surface area contributed by atoms with Crippen molar-refractivity contribution in [1.29, 1.82) is 5.41 Å². The van der Waals surface area contributed by atoms with E-state index in [-0.39, 0.29) is 17.6 Å². The van der Waals surface area contributed by atoms with Gasteiger partial charge in [0.2, 0.25) is 0 Å². The van der Waals surface area contributed by atoms with Gasteiger partial charge >= 0.3 is 0 Å². The monoisotopic (exact) mass is 439 g/mol. The number of nitrogens with zero attached hydrogens (tertiary/aromatic N) is 2. The number of carbonyl (C=O) groups excluding carboxylic acids is 2. The van der Waals surface area contributed by atoms with Crippen LogP contribution in [0.2, 0.25) is 0 Å². The molecule has 0 radical (unpaired) electrons. The van der Waals surface area contributed by atoms with E-state index in [1.54, 1.807) is 37.3 Å². The quantitative estimate of drug-likeness (QED) is 0.400. The van der Waals surface area contributed by atoms with Crippen LogP contribution in [-0.4, -0.2) is 34.8 Å². The lowest BCUT2D eigenvalue weighted by molar-refractivity contribution is -0.124. The van der Waals surface area contributed by atoms with Crippen LogP contribution in [0.3, 0.4) is 0 Å². The second-order valence-corrected chi connectivity index (χ2v) is 7.95. The number of carbonyl (C=O) groups is 2. The molecule has 0 spiro atoms. The molecule has 1 aliphatic rings. The van der Waals surface area contributed by atoms with Crippen molar-refractivity contribution in [2.45, 2.75) is 19.9 Å². The van der Waals surface area contributed by atoms with Gasteiger partial charge in [-0.2, -0.15) is 0 Å². The predicted octanol–water partition coefficient (Wildman–Crippen LogP) is 3.90. The Morgan fingerprint density at radius 1 is 1.06 bits per heavy atom. The van der Waals surface area contributed by atoms with Gasteiger partial charge in [0.1, 0.15) is 11.5 Å². The lowest BCUT2D eigenvalue weighted by Gasteiger charge is -2.21. The number of benzene rings is 3. The molecule has 33 heavy (non-hydrogen) atoms. The second kappa shape index (κ2) is 9.48. The molecule has 0 saturated heterocycles. The van der Waals surface area contributed by atoms with Crippen LogP contribution in [0.1, 0.15) is 34.0 Å². The lowest BCUT2D eigenvalue weighted by Crippen LogP contribution is -2.35. The van der Waals surface area contributed by atoms with Gasteiger partial charge in [0.15, 0.2) is 0 Å². The fourth-order valence-corrected chi connectivity index (χ4v) is 3.71. The lowest BCUT2D eigenvalue weighted by atomic mass is 10.1. The van der Waals surface area contributed by atoms with Gasteiger partial charge < -0.3 is 16.0 Å². The standard InChI is InChI=1S/C26H25N5O2/c1-17-26(33)31(14-13-18-5-3-2-4-6-18)16-21-11-12-22(15-23(21)29-17)30-25(32)20-9-7-19(8-10-20)24(27)28/h2-12,15H,13-14,16H2,1H3,(H3,27,28)(H,30,32). The van der Waals surface area contributed by atoms with E-state index in [2.05, 4.69) is 22.4 Å². The van der Waals surface area contributed by atoms with Gasteiger partial charge in [0.25, 0.3) is 11.8 Å². The summed E-state index contributed by atoms with van der Waals surface area (Å²) in [7, 11) is 0. The van der Waals surface area contributed by atoms with Gasteiger partial charge in [0, 0.05) is 29.9 Å². The molecule has 2 amide bonds. The Morgan fingerprint density at radius 3 is 2.45 bits per heavy atom. The van der Waals surface area contributed by atoms with E-state index in [1.807, 2.05) is 35.2 Å². The molecule has 0 saturated carbocycles. The first-order chi connectivity index (χ1) is 15.9. The number of amides is 2. The maximum absolute atomic E-state index is 12.9. The Balaban J connectivity index is 1.49. The van der Waals surface area contributed by atoms with E-state index in [1.165, 1.54) is 5.56 Å². The molecular weight excluding hydrogens is 414 g/mol. The summed E-state index contributed by atoms with van der Waals surface area (Å²) in [5.41, 5.74) is 10.3. The molecule has 3 aromatic carbocycles. The number of nitrogens with one attached hydrogen (secondary N) is 2. The molecular formula is C26H25N5O2. The molecule has 3 aromatic rings. The normalized spacial score (nSPS) is 13.1. The summed E-state index contributed by atoms with van der Waals surface area (Å²) in [4.78, 5) is 31.8. The molecule has 0 atom stereocenters. The van der Waals surface area contributed by atoms with Crippen molar-refractivity contribution in [3.05, 3.63) is 95.1 Å². The van der Waals surface area contributed by atoms with Gasteiger partial charge in [0.05, 0.1) is 5.69 Å². The highest BCUT2D eigenvalue weighted by Gasteiger charge is 2.22. The average molecular weight is 440 g/mol. The summed E-state index contributed by atoms with van der Waals surface area (Å²) in [5, 5.41) is 10.3. The molecule has 0 aromatic heterocycles.